The van der Waals surface area contributed by atoms with Gasteiger partial charge in [-0.25, -0.2) is 4.21 Å². The summed E-state index contributed by atoms with van der Waals surface area (Å²) in [5.41, 5.74) is 0.868. The van der Waals surface area contributed by atoms with Crippen LogP contribution in [0.5, 0.6) is 5.75 Å². The zero-order valence-corrected chi connectivity index (χ0v) is 10.9. The first-order valence-corrected chi connectivity index (χ1v) is 6.55. The Labute approximate surface area is 112 Å². The molecule has 0 saturated heterocycles. The maximum atomic E-state index is 12.0. The van der Waals surface area contributed by atoms with E-state index in [1.807, 2.05) is 13.0 Å². The van der Waals surface area contributed by atoms with Crippen LogP contribution >= 0.6 is 0 Å². The Balaban J connectivity index is 2.19. The molecule has 0 amide bonds. The van der Waals surface area contributed by atoms with Crippen LogP contribution in [0.4, 0.5) is 5.69 Å². The summed E-state index contributed by atoms with van der Waals surface area (Å²) in [6.45, 7) is 1.88. The lowest BCUT2D eigenvalue weighted by molar-refractivity contribution is -0.384. The summed E-state index contributed by atoms with van der Waals surface area (Å²) in [5, 5.41) is 10.6. The van der Waals surface area contributed by atoms with Crippen LogP contribution in [0.2, 0.25) is 0 Å². The first-order chi connectivity index (χ1) is 9.06. The Kier molecular flexibility index (Phi) is 3.91. The molecule has 0 aliphatic carbocycles. The number of hydrogen-bond acceptors (Lipinski definition) is 4. The van der Waals surface area contributed by atoms with Gasteiger partial charge in [0.05, 0.1) is 15.9 Å². The molecular formula is C13H11NO4S. The van der Waals surface area contributed by atoms with Crippen molar-refractivity contribution in [3.05, 3.63) is 64.2 Å². The molecule has 98 valence electrons. The van der Waals surface area contributed by atoms with Gasteiger partial charge in [0.15, 0.2) is 0 Å². The fourth-order valence-corrected chi connectivity index (χ4v) is 2.35. The van der Waals surface area contributed by atoms with Crippen molar-refractivity contribution in [2.45, 2.75) is 11.8 Å². The molecule has 0 heterocycles. The number of rotatable bonds is 4. The molecule has 0 N–H and O–H groups in total. The summed E-state index contributed by atoms with van der Waals surface area (Å²) in [4.78, 5) is 10.6. The number of aryl methyl sites for hydroxylation is 1. The quantitative estimate of drug-likeness (QED) is 0.636. The van der Waals surface area contributed by atoms with Gasteiger partial charge in [0.2, 0.25) is 11.1 Å². The minimum absolute atomic E-state index is 0.0984. The van der Waals surface area contributed by atoms with Crippen molar-refractivity contribution < 1.29 is 13.3 Å². The van der Waals surface area contributed by atoms with E-state index in [1.165, 1.54) is 24.3 Å². The van der Waals surface area contributed by atoms with Crippen LogP contribution in [-0.2, 0) is 11.1 Å². The van der Waals surface area contributed by atoms with E-state index in [9.17, 15) is 14.3 Å². The van der Waals surface area contributed by atoms with Gasteiger partial charge in [-0.1, -0.05) is 18.2 Å². The number of non-ortho nitro benzene ring substituents is 1. The Hall–Kier alpha value is -2.21. The largest absolute Gasteiger partial charge is 0.397 e. The molecule has 6 heteroatoms. The highest BCUT2D eigenvalue weighted by molar-refractivity contribution is 7.80. The summed E-state index contributed by atoms with van der Waals surface area (Å²) in [5.74, 6) is 0.203. The molecule has 2 aromatic rings. The maximum Gasteiger partial charge on any atom is 0.273 e. The lowest BCUT2D eigenvalue weighted by Gasteiger charge is -2.05. The molecule has 1 atom stereocenters. The molecule has 1 unspecified atom stereocenters. The molecule has 0 saturated carbocycles. The van der Waals surface area contributed by atoms with Crippen molar-refractivity contribution in [2.24, 2.45) is 0 Å². The number of hydrogen-bond donors (Lipinski definition) is 0. The van der Waals surface area contributed by atoms with Gasteiger partial charge in [0.25, 0.3) is 5.69 Å². The molecule has 2 aromatic carbocycles. The Morgan fingerprint density at radius 3 is 2.58 bits per heavy atom. The molecule has 2 rings (SSSR count). The first kappa shape index (κ1) is 13.2. The molecule has 19 heavy (non-hydrogen) atoms. The molecule has 0 bridgehead atoms. The van der Waals surface area contributed by atoms with Crippen LogP contribution in [0, 0.1) is 17.0 Å². The van der Waals surface area contributed by atoms with Crippen LogP contribution in [0.3, 0.4) is 0 Å². The number of nitrogens with zero attached hydrogens (tertiary/aromatic N) is 1. The van der Waals surface area contributed by atoms with Crippen molar-refractivity contribution in [3.8, 4) is 5.75 Å². The van der Waals surface area contributed by atoms with Gasteiger partial charge in [0, 0.05) is 6.07 Å². The average Bonchev–Trinajstić information content (AvgIpc) is 2.39. The van der Waals surface area contributed by atoms with Crippen LogP contribution in [0.15, 0.2) is 53.4 Å². The van der Waals surface area contributed by atoms with E-state index in [0.29, 0.717) is 4.90 Å². The van der Waals surface area contributed by atoms with Gasteiger partial charge < -0.3 is 4.18 Å². The van der Waals surface area contributed by atoms with E-state index in [2.05, 4.69) is 0 Å². The molecule has 0 aliphatic rings. The normalized spacial score (nSPS) is 11.8. The summed E-state index contributed by atoms with van der Waals surface area (Å²) < 4.78 is 17.2. The predicted octanol–water partition coefficient (Wildman–Crippen LogP) is 3.00. The number of nitro benzene ring substituents is 1. The van der Waals surface area contributed by atoms with Crippen LogP contribution in [0.25, 0.3) is 0 Å². The molecule has 0 aromatic heterocycles. The molecular weight excluding hydrogens is 266 g/mol. The lowest BCUT2D eigenvalue weighted by atomic mass is 10.2. The smallest absolute Gasteiger partial charge is 0.273 e. The van der Waals surface area contributed by atoms with E-state index in [-0.39, 0.29) is 11.4 Å². The zero-order valence-electron chi connectivity index (χ0n) is 10.1. The Morgan fingerprint density at radius 1 is 1.16 bits per heavy atom. The maximum absolute atomic E-state index is 12.0. The third kappa shape index (κ3) is 3.38. The predicted molar refractivity (Wildman–Crippen MR) is 71.3 cm³/mol. The van der Waals surface area contributed by atoms with Crippen LogP contribution < -0.4 is 4.18 Å². The fraction of sp³-hybridized carbons (Fsp3) is 0.0769. The molecule has 0 radical (unpaired) electrons. The summed E-state index contributed by atoms with van der Waals surface area (Å²) in [6, 6.07) is 12.7. The SMILES string of the molecule is Cc1cccc(S(=O)Oc2cccc([N+](=O)[O-])c2)c1. The lowest BCUT2D eigenvalue weighted by Crippen LogP contribution is -2.01. The fourth-order valence-electron chi connectivity index (χ4n) is 1.50. The zero-order chi connectivity index (χ0) is 13.8. The van der Waals surface area contributed by atoms with Gasteiger partial charge in [0.1, 0.15) is 5.75 Å². The van der Waals surface area contributed by atoms with Gasteiger partial charge in [-0.3, -0.25) is 10.1 Å². The summed E-state index contributed by atoms with van der Waals surface area (Å²) >= 11 is -1.69. The highest BCUT2D eigenvalue weighted by Gasteiger charge is 2.10. The third-order valence-corrected chi connectivity index (χ3v) is 3.36. The van der Waals surface area contributed by atoms with Crippen molar-refractivity contribution in [1.82, 2.24) is 0 Å². The van der Waals surface area contributed by atoms with E-state index < -0.39 is 16.0 Å². The van der Waals surface area contributed by atoms with Crippen LogP contribution in [-0.4, -0.2) is 9.13 Å². The minimum Gasteiger partial charge on any atom is -0.397 e. The van der Waals surface area contributed by atoms with Gasteiger partial charge in [-0.15, -0.1) is 0 Å². The van der Waals surface area contributed by atoms with Gasteiger partial charge in [-0.05, 0) is 30.7 Å². The van der Waals surface area contributed by atoms with E-state index in [0.717, 1.165) is 5.56 Å². The summed E-state index contributed by atoms with van der Waals surface area (Å²) in [6.07, 6.45) is 0. The van der Waals surface area contributed by atoms with Gasteiger partial charge in [-0.2, -0.15) is 0 Å². The van der Waals surface area contributed by atoms with E-state index in [1.54, 1.807) is 18.2 Å². The van der Waals surface area contributed by atoms with E-state index >= 15 is 0 Å². The first-order valence-electron chi connectivity index (χ1n) is 5.47. The van der Waals surface area contributed by atoms with Crippen molar-refractivity contribution in [3.63, 3.8) is 0 Å². The second kappa shape index (κ2) is 5.62. The van der Waals surface area contributed by atoms with Crippen molar-refractivity contribution in [2.75, 3.05) is 0 Å². The van der Waals surface area contributed by atoms with E-state index in [4.69, 9.17) is 4.18 Å². The molecule has 0 aliphatic heterocycles. The highest BCUT2D eigenvalue weighted by atomic mass is 32.2. The standard InChI is InChI=1S/C13H11NO4S/c1-10-4-2-7-13(8-10)19(17)18-12-6-3-5-11(9-12)14(15)16/h2-9H,1H3. The third-order valence-electron chi connectivity index (χ3n) is 2.38. The highest BCUT2D eigenvalue weighted by Crippen LogP contribution is 2.21. The monoisotopic (exact) mass is 277 g/mol. The summed E-state index contributed by atoms with van der Waals surface area (Å²) in [7, 11) is 0. The topological polar surface area (TPSA) is 69.4 Å². The molecule has 0 spiro atoms. The number of benzene rings is 2. The second-order valence-corrected chi connectivity index (χ2v) is 5.00. The average molecular weight is 277 g/mol. The molecule has 0 fully saturated rings. The second-order valence-electron chi connectivity index (χ2n) is 3.89. The Morgan fingerprint density at radius 2 is 1.89 bits per heavy atom. The number of nitro groups is 1. The molecule has 5 nitrogen and oxygen atoms in total. The minimum atomic E-state index is -1.69. The van der Waals surface area contributed by atoms with Crippen molar-refractivity contribution in [1.29, 1.82) is 0 Å². The van der Waals surface area contributed by atoms with Crippen molar-refractivity contribution >= 4 is 16.8 Å². The van der Waals surface area contributed by atoms with Crippen LogP contribution in [0.1, 0.15) is 5.56 Å². The van der Waals surface area contributed by atoms with Gasteiger partial charge >= 0.3 is 0 Å². The Bertz CT molecular complexity index is 642.